The molecule has 0 radical (unpaired) electrons. The third-order valence-corrected chi connectivity index (χ3v) is 3.84. The molecule has 0 saturated carbocycles. The summed E-state index contributed by atoms with van der Waals surface area (Å²) in [6, 6.07) is 10.9. The Hall–Kier alpha value is -3.04. The fraction of sp³-hybridized carbons (Fsp3) is 0. The first-order chi connectivity index (χ1) is 10.7. The summed E-state index contributed by atoms with van der Waals surface area (Å²) >= 11 is 1.30. The zero-order valence-electron chi connectivity index (χ0n) is 11.2. The summed E-state index contributed by atoms with van der Waals surface area (Å²) in [5.74, 6) is 2.04. The van der Waals surface area contributed by atoms with Crippen molar-refractivity contribution >= 4 is 33.4 Å². The second-order valence-corrected chi connectivity index (χ2v) is 5.31. The third-order valence-electron chi connectivity index (χ3n) is 2.73. The van der Waals surface area contributed by atoms with Gasteiger partial charge in [-0.2, -0.15) is 0 Å². The van der Waals surface area contributed by atoms with Crippen molar-refractivity contribution in [3.8, 4) is 12.0 Å². The van der Waals surface area contributed by atoms with E-state index in [-0.39, 0.29) is 0 Å². The quantitative estimate of drug-likeness (QED) is 0.700. The fourth-order valence-electron chi connectivity index (χ4n) is 1.74. The molecule has 2 aromatic heterocycles. The molecule has 0 aliphatic rings. The summed E-state index contributed by atoms with van der Waals surface area (Å²) in [6.07, 6.45) is 4.15. The molecule has 0 bridgehead atoms. The number of furan rings is 1. The van der Waals surface area contributed by atoms with Gasteiger partial charge < -0.3 is 9.15 Å². The van der Waals surface area contributed by atoms with Crippen molar-refractivity contribution in [2.24, 2.45) is 0 Å². The Morgan fingerprint density at radius 2 is 2.09 bits per heavy atom. The molecular formula is C16H9NO4S. The lowest BCUT2D eigenvalue weighted by molar-refractivity contribution is 0.0951. The van der Waals surface area contributed by atoms with Crippen molar-refractivity contribution in [2.45, 2.75) is 0 Å². The number of amides is 2. The lowest BCUT2D eigenvalue weighted by Gasteiger charge is -1.97. The average Bonchev–Trinajstić information content (AvgIpc) is 3.16. The van der Waals surface area contributed by atoms with Crippen LogP contribution in [-0.2, 0) is 4.74 Å². The van der Waals surface area contributed by atoms with E-state index in [0.29, 0.717) is 10.4 Å². The highest BCUT2D eigenvalue weighted by Crippen LogP contribution is 2.24. The van der Waals surface area contributed by atoms with Gasteiger partial charge in [0.2, 0.25) is 0 Å². The maximum atomic E-state index is 12.0. The van der Waals surface area contributed by atoms with Crippen molar-refractivity contribution in [1.29, 1.82) is 0 Å². The second kappa shape index (κ2) is 6.16. The molecule has 108 valence electrons. The van der Waals surface area contributed by atoms with Crippen LogP contribution in [0.15, 0.2) is 53.3 Å². The summed E-state index contributed by atoms with van der Waals surface area (Å²) in [6.45, 7) is 0. The minimum Gasteiger partial charge on any atom is -0.471 e. The zero-order valence-corrected chi connectivity index (χ0v) is 12.0. The van der Waals surface area contributed by atoms with Gasteiger partial charge in [-0.1, -0.05) is 18.2 Å². The van der Waals surface area contributed by atoms with Crippen molar-refractivity contribution in [3.05, 3.63) is 59.4 Å². The van der Waals surface area contributed by atoms with Crippen LogP contribution in [0.2, 0.25) is 0 Å². The van der Waals surface area contributed by atoms with Gasteiger partial charge in [0.15, 0.2) is 0 Å². The molecule has 0 aliphatic heterocycles. The summed E-state index contributed by atoms with van der Waals surface area (Å²) < 4.78 is 10.4. The number of nitrogens with one attached hydrogen (secondary N) is 1. The van der Waals surface area contributed by atoms with Crippen molar-refractivity contribution in [2.75, 3.05) is 0 Å². The number of carbonyl (C=O) groups excluding carboxylic acids is 2. The molecule has 0 aliphatic carbocycles. The highest BCUT2D eigenvalue weighted by molar-refractivity contribution is 7.20. The van der Waals surface area contributed by atoms with Gasteiger partial charge in [-0.05, 0) is 29.5 Å². The molecule has 0 fully saturated rings. The smallest absolute Gasteiger partial charge is 0.428 e. The van der Waals surface area contributed by atoms with E-state index in [4.69, 9.17) is 4.42 Å². The molecule has 6 heteroatoms. The van der Waals surface area contributed by atoms with Crippen LogP contribution in [-0.4, -0.2) is 12.0 Å². The van der Waals surface area contributed by atoms with Crippen molar-refractivity contribution in [1.82, 2.24) is 5.32 Å². The van der Waals surface area contributed by atoms with E-state index in [9.17, 15) is 9.59 Å². The van der Waals surface area contributed by atoms with E-state index in [0.717, 1.165) is 10.1 Å². The molecule has 2 heterocycles. The first-order valence-corrected chi connectivity index (χ1v) is 7.08. The third kappa shape index (κ3) is 3.16. The van der Waals surface area contributed by atoms with Gasteiger partial charge in [-0.25, -0.2) is 4.79 Å². The van der Waals surface area contributed by atoms with Crippen LogP contribution in [0.5, 0.6) is 0 Å². The van der Waals surface area contributed by atoms with Gasteiger partial charge in [0.25, 0.3) is 5.91 Å². The van der Waals surface area contributed by atoms with Crippen LogP contribution in [0.25, 0.3) is 10.1 Å². The van der Waals surface area contributed by atoms with E-state index in [1.165, 1.54) is 23.9 Å². The molecule has 22 heavy (non-hydrogen) atoms. The minimum atomic E-state index is -0.918. The number of fused-ring (bicyclic) bond motifs is 1. The molecule has 0 saturated heterocycles. The van der Waals surface area contributed by atoms with Crippen LogP contribution < -0.4 is 5.32 Å². The largest absolute Gasteiger partial charge is 0.471 e. The Bertz CT molecular complexity index is 851. The molecular weight excluding hydrogens is 302 g/mol. The van der Waals surface area contributed by atoms with E-state index in [1.807, 2.05) is 24.3 Å². The standard InChI is InChI=1S/C16H9NO4S/c18-15(14-9-12-3-1-2-4-13(12)22-14)17-16(19)21-8-6-11-5-7-20-10-11/h1-5,7,9-10H,(H,17,18,19). The van der Waals surface area contributed by atoms with E-state index < -0.39 is 12.0 Å². The lowest BCUT2D eigenvalue weighted by atomic mass is 10.2. The fourth-order valence-corrected chi connectivity index (χ4v) is 2.70. The number of ether oxygens (including phenoxy) is 1. The average molecular weight is 311 g/mol. The Morgan fingerprint density at radius 3 is 2.86 bits per heavy atom. The number of carbonyl (C=O) groups is 2. The van der Waals surface area contributed by atoms with Crippen molar-refractivity contribution in [3.63, 3.8) is 0 Å². The molecule has 2 amide bonds. The number of alkyl carbamates (subject to hydrolysis) is 1. The van der Waals surface area contributed by atoms with E-state index >= 15 is 0 Å². The summed E-state index contributed by atoms with van der Waals surface area (Å²) in [5, 5.41) is 3.07. The first-order valence-electron chi connectivity index (χ1n) is 6.26. The summed E-state index contributed by atoms with van der Waals surface area (Å²) in [7, 11) is 0. The van der Waals surface area contributed by atoms with Crippen molar-refractivity contribution < 1.29 is 18.7 Å². The number of hydrogen-bond acceptors (Lipinski definition) is 5. The Morgan fingerprint density at radius 1 is 1.23 bits per heavy atom. The summed E-state index contributed by atoms with van der Waals surface area (Å²) in [4.78, 5) is 23.9. The maximum Gasteiger partial charge on any atom is 0.428 e. The van der Waals surface area contributed by atoms with Crippen LogP contribution in [0.3, 0.4) is 0 Å². The Labute approximate surface area is 129 Å². The van der Waals surface area contributed by atoms with Crippen LogP contribution in [0.4, 0.5) is 4.79 Å². The molecule has 0 atom stereocenters. The number of thiophene rings is 1. The first kappa shape index (κ1) is 13.9. The normalized spacial score (nSPS) is 9.82. The SMILES string of the molecule is O=C(NC(=O)c1cc2ccccc2s1)OC#Cc1ccoc1. The minimum absolute atomic E-state index is 0.431. The lowest BCUT2D eigenvalue weighted by Crippen LogP contribution is -2.29. The second-order valence-electron chi connectivity index (χ2n) is 4.23. The number of hydrogen-bond donors (Lipinski definition) is 1. The molecule has 0 unspecified atom stereocenters. The number of rotatable bonds is 1. The Balaban J connectivity index is 1.62. The molecule has 5 nitrogen and oxygen atoms in total. The highest BCUT2D eigenvalue weighted by atomic mass is 32.1. The zero-order chi connectivity index (χ0) is 15.4. The summed E-state index contributed by atoms with van der Waals surface area (Å²) in [5.41, 5.74) is 0.573. The van der Waals surface area contributed by atoms with Gasteiger partial charge in [0.1, 0.15) is 12.4 Å². The highest BCUT2D eigenvalue weighted by Gasteiger charge is 2.13. The predicted octanol–water partition coefficient (Wildman–Crippen LogP) is 3.37. The maximum absolute atomic E-state index is 12.0. The molecule has 0 spiro atoms. The van der Waals surface area contributed by atoms with Gasteiger partial charge in [0.05, 0.1) is 16.7 Å². The topological polar surface area (TPSA) is 68.5 Å². The molecule has 3 aromatic rings. The van der Waals surface area contributed by atoms with Gasteiger partial charge in [-0.3, -0.25) is 10.1 Å². The predicted molar refractivity (Wildman–Crippen MR) is 81.4 cm³/mol. The van der Waals surface area contributed by atoms with Crippen LogP contribution in [0, 0.1) is 12.0 Å². The van der Waals surface area contributed by atoms with E-state index in [2.05, 4.69) is 22.1 Å². The molecule has 3 rings (SSSR count). The Kier molecular flexibility index (Phi) is 3.90. The van der Waals surface area contributed by atoms with Gasteiger partial charge >= 0.3 is 6.09 Å². The van der Waals surface area contributed by atoms with Gasteiger partial charge in [-0.15, -0.1) is 11.3 Å². The monoisotopic (exact) mass is 311 g/mol. The molecule has 1 aromatic carbocycles. The van der Waals surface area contributed by atoms with Crippen LogP contribution in [0.1, 0.15) is 15.2 Å². The molecule has 1 N–H and O–H groups in total. The van der Waals surface area contributed by atoms with E-state index in [1.54, 1.807) is 12.1 Å². The number of benzene rings is 1. The van der Waals surface area contributed by atoms with Crippen LogP contribution >= 0.6 is 11.3 Å². The number of imide groups is 1. The van der Waals surface area contributed by atoms with Gasteiger partial charge in [0, 0.05) is 4.70 Å².